The lowest BCUT2D eigenvalue weighted by atomic mass is 10.2. The fourth-order valence-electron chi connectivity index (χ4n) is 2.00. The molecule has 0 spiro atoms. The van der Waals surface area contributed by atoms with E-state index in [1.807, 2.05) is 17.5 Å². The molecule has 0 fully saturated rings. The zero-order valence-corrected chi connectivity index (χ0v) is 13.5. The third-order valence-corrected chi connectivity index (χ3v) is 4.16. The molecule has 24 heavy (non-hydrogen) atoms. The number of hydrogen-bond acceptors (Lipinski definition) is 4. The topological polar surface area (TPSA) is 54.9 Å². The minimum absolute atomic E-state index is 0.224. The van der Waals surface area contributed by atoms with E-state index in [4.69, 9.17) is 0 Å². The van der Waals surface area contributed by atoms with Crippen LogP contribution < -0.4 is 5.32 Å². The van der Waals surface area contributed by atoms with Crippen molar-refractivity contribution in [2.24, 2.45) is 0 Å². The predicted molar refractivity (Wildman–Crippen MR) is 92.6 cm³/mol. The fraction of sp³-hybridized carbons (Fsp3) is 0.0556. The Labute approximate surface area is 142 Å². The summed E-state index contributed by atoms with van der Waals surface area (Å²) in [6, 6.07) is 9.72. The van der Waals surface area contributed by atoms with Crippen molar-refractivity contribution >= 4 is 23.3 Å². The molecule has 2 heterocycles. The molecule has 0 aliphatic heterocycles. The highest BCUT2D eigenvalue weighted by Crippen LogP contribution is 2.22. The molecule has 3 rings (SSSR count). The van der Waals surface area contributed by atoms with Crippen LogP contribution in [-0.4, -0.2) is 15.9 Å². The van der Waals surface area contributed by atoms with E-state index >= 15 is 0 Å². The molecule has 6 heteroatoms. The summed E-state index contributed by atoms with van der Waals surface area (Å²) in [5.41, 5.74) is 2.57. The molecule has 0 atom stereocenters. The maximum absolute atomic E-state index is 12.8. The van der Waals surface area contributed by atoms with E-state index < -0.39 is 0 Å². The van der Waals surface area contributed by atoms with Crippen molar-refractivity contribution in [3.63, 3.8) is 0 Å². The first-order valence-corrected chi connectivity index (χ1v) is 8.15. The number of amides is 1. The molecule has 0 radical (unpaired) electrons. The highest BCUT2D eigenvalue weighted by atomic mass is 32.1. The summed E-state index contributed by atoms with van der Waals surface area (Å²) in [5, 5.41) is 5.59. The summed E-state index contributed by atoms with van der Waals surface area (Å²) in [5.74, 6) is -0.525. The van der Waals surface area contributed by atoms with E-state index in [-0.39, 0.29) is 11.7 Å². The highest BCUT2D eigenvalue weighted by Gasteiger charge is 2.05. The van der Waals surface area contributed by atoms with E-state index in [2.05, 4.69) is 15.3 Å². The van der Waals surface area contributed by atoms with Crippen LogP contribution in [-0.2, 0) is 11.3 Å². The van der Waals surface area contributed by atoms with Crippen LogP contribution in [0.1, 0.15) is 11.3 Å². The quantitative estimate of drug-likeness (QED) is 0.722. The molecule has 0 aliphatic rings. The molecule has 4 nitrogen and oxygen atoms in total. The minimum atomic E-state index is -0.301. The van der Waals surface area contributed by atoms with E-state index in [1.165, 1.54) is 29.5 Å². The summed E-state index contributed by atoms with van der Waals surface area (Å²) in [7, 11) is 0. The van der Waals surface area contributed by atoms with Gasteiger partial charge in [0, 0.05) is 29.4 Å². The third-order valence-electron chi connectivity index (χ3n) is 3.22. The smallest absolute Gasteiger partial charge is 0.244 e. The van der Waals surface area contributed by atoms with Crippen LogP contribution in [0.5, 0.6) is 0 Å². The minimum Gasteiger partial charge on any atom is -0.347 e. The molecule has 0 unspecified atom stereocenters. The van der Waals surface area contributed by atoms with E-state index in [0.717, 1.165) is 21.8 Å². The zero-order valence-electron chi connectivity index (χ0n) is 12.6. The number of hydrogen-bond donors (Lipinski definition) is 1. The van der Waals surface area contributed by atoms with Gasteiger partial charge in [0.15, 0.2) is 0 Å². The van der Waals surface area contributed by atoms with Gasteiger partial charge in [-0.3, -0.25) is 9.78 Å². The van der Waals surface area contributed by atoms with Crippen LogP contribution in [0, 0.1) is 5.82 Å². The second-order valence-corrected chi connectivity index (χ2v) is 5.84. The second-order valence-electron chi connectivity index (χ2n) is 4.98. The standard InChI is InChI=1S/C18H14FN3OS/c19-15-4-1-13(2-5-15)3-6-17(23)21-11-16-12-24-18(22-16)14-7-9-20-10-8-14/h1-10,12H,11H2,(H,21,23)/b6-3+. The first kappa shape index (κ1) is 16.0. The predicted octanol–water partition coefficient (Wildman–Crippen LogP) is 3.67. The molecule has 0 bridgehead atoms. The fourth-order valence-corrected chi connectivity index (χ4v) is 2.82. The average molecular weight is 339 g/mol. The monoisotopic (exact) mass is 339 g/mol. The van der Waals surface area contributed by atoms with Gasteiger partial charge in [0.2, 0.25) is 5.91 Å². The van der Waals surface area contributed by atoms with Gasteiger partial charge in [-0.15, -0.1) is 11.3 Å². The van der Waals surface area contributed by atoms with Gasteiger partial charge < -0.3 is 5.32 Å². The lowest BCUT2D eigenvalue weighted by Crippen LogP contribution is -2.20. The number of pyridine rings is 1. The van der Waals surface area contributed by atoms with Crippen LogP contribution in [0.4, 0.5) is 4.39 Å². The lowest BCUT2D eigenvalue weighted by Gasteiger charge is -1.99. The lowest BCUT2D eigenvalue weighted by molar-refractivity contribution is -0.116. The molecule has 0 saturated carbocycles. The number of thiazole rings is 1. The Kier molecular flexibility index (Phi) is 5.08. The van der Waals surface area contributed by atoms with Crippen LogP contribution in [0.15, 0.2) is 60.2 Å². The Bertz CT molecular complexity index is 844. The summed E-state index contributed by atoms with van der Waals surface area (Å²) in [6.45, 7) is 0.355. The molecule has 0 aliphatic carbocycles. The molecule has 2 aromatic heterocycles. The molecular formula is C18H14FN3OS. The molecule has 0 saturated heterocycles. The number of halogens is 1. The van der Waals surface area contributed by atoms with Gasteiger partial charge in [-0.2, -0.15) is 0 Å². The number of nitrogens with zero attached hydrogens (tertiary/aromatic N) is 2. The first-order chi connectivity index (χ1) is 11.7. The van der Waals surface area contributed by atoms with Gasteiger partial charge in [0.25, 0.3) is 0 Å². The first-order valence-electron chi connectivity index (χ1n) is 7.27. The molecule has 120 valence electrons. The van der Waals surface area contributed by atoms with E-state index in [0.29, 0.717) is 6.54 Å². The molecule has 1 amide bonds. The average Bonchev–Trinajstić information content (AvgIpc) is 3.09. The normalized spacial score (nSPS) is 10.9. The van der Waals surface area contributed by atoms with Crippen molar-refractivity contribution in [2.75, 3.05) is 0 Å². The number of rotatable bonds is 5. The number of nitrogens with one attached hydrogen (secondary N) is 1. The van der Waals surface area contributed by atoms with Crippen LogP contribution in [0.3, 0.4) is 0 Å². The summed E-state index contributed by atoms with van der Waals surface area (Å²) in [6.07, 6.45) is 6.50. The molecular weight excluding hydrogens is 325 g/mol. The van der Waals surface area contributed by atoms with E-state index in [9.17, 15) is 9.18 Å². The number of carbonyl (C=O) groups excluding carboxylic acids is 1. The zero-order chi connectivity index (χ0) is 16.8. The van der Waals surface area contributed by atoms with Crippen molar-refractivity contribution in [1.29, 1.82) is 0 Å². The summed E-state index contributed by atoms with van der Waals surface area (Å²) in [4.78, 5) is 20.3. The highest BCUT2D eigenvalue weighted by molar-refractivity contribution is 7.13. The largest absolute Gasteiger partial charge is 0.347 e. The molecule has 3 aromatic rings. The van der Waals surface area contributed by atoms with Crippen LogP contribution in [0.25, 0.3) is 16.6 Å². The number of carbonyl (C=O) groups is 1. The summed E-state index contributed by atoms with van der Waals surface area (Å²) < 4.78 is 12.8. The Morgan fingerprint density at radius 3 is 2.67 bits per heavy atom. The summed E-state index contributed by atoms with van der Waals surface area (Å²) >= 11 is 1.52. The van der Waals surface area contributed by atoms with Gasteiger partial charge in [-0.25, -0.2) is 9.37 Å². The van der Waals surface area contributed by atoms with Crippen LogP contribution >= 0.6 is 11.3 Å². The van der Waals surface area contributed by atoms with Gasteiger partial charge in [0.1, 0.15) is 10.8 Å². The number of aromatic nitrogens is 2. The SMILES string of the molecule is O=C(/C=C/c1ccc(F)cc1)NCc1csc(-c2ccncc2)n1. The van der Waals surface area contributed by atoms with Crippen molar-refractivity contribution in [3.8, 4) is 10.6 Å². The Balaban J connectivity index is 1.55. The molecule has 1 aromatic carbocycles. The van der Waals surface area contributed by atoms with Crippen molar-refractivity contribution < 1.29 is 9.18 Å². The Morgan fingerprint density at radius 2 is 1.92 bits per heavy atom. The number of benzene rings is 1. The Morgan fingerprint density at radius 1 is 1.17 bits per heavy atom. The molecule has 1 N–H and O–H groups in total. The maximum atomic E-state index is 12.8. The Hall–Kier alpha value is -2.86. The van der Waals surface area contributed by atoms with Gasteiger partial charge >= 0.3 is 0 Å². The van der Waals surface area contributed by atoms with Gasteiger partial charge in [-0.05, 0) is 35.9 Å². The third kappa shape index (κ3) is 4.33. The van der Waals surface area contributed by atoms with Crippen molar-refractivity contribution in [1.82, 2.24) is 15.3 Å². The van der Waals surface area contributed by atoms with E-state index in [1.54, 1.807) is 30.6 Å². The van der Waals surface area contributed by atoms with Gasteiger partial charge in [-0.1, -0.05) is 12.1 Å². The van der Waals surface area contributed by atoms with Crippen molar-refractivity contribution in [3.05, 3.63) is 77.3 Å². The maximum Gasteiger partial charge on any atom is 0.244 e. The second kappa shape index (κ2) is 7.61. The van der Waals surface area contributed by atoms with Gasteiger partial charge in [0.05, 0.1) is 12.2 Å². The van der Waals surface area contributed by atoms with Crippen LogP contribution in [0.2, 0.25) is 0 Å². The van der Waals surface area contributed by atoms with Crippen molar-refractivity contribution in [2.45, 2.75) is 6.54 Å².